The molecule has 15 heavy (non-hydrogen) atoms. The van der Waals surface area contributed by atoms with Gasteiger partial charge in [-0.15, -0.1) is 0 Å². The number of Topliss-reactive ketones (excluding diaryl/α,β-unsaturated/α-hetero) is 1. The maximum atomic E-state index is 11.5. The van der Waals surface area contributed by atoms with Crippen LogP contribution >= 0.6 is 0 Å². The van der Waals surface area contributed by atoms with Crippen LogP contribution in [0.25, 0.3) is 10.8 Å². The minimum absolute atomic E-state index is 0.133. The lowest BCUT2D eigenvalue weighted by Gasteiger charge is -2.07. The molecule has 0 N–H and O–H groups in total. The first kappa shape index (κ1) is 9.91. The van der Waals surface area contributed by atoms with Crippen molar-refractivity contribution in [3.63, 3.8) is 0 Å². The smallest absolute Gasteiger partial charge is 0.160 e. The Morgan fingerprint density at radius 2 is 1.73 bits per heavy atom. The Bertz CT molecular complexity index is 512. The van der Waals surface area contributed by atoms with E-state index in [1.807, 2.05) is 24.3 Å². The number of fused-ring (bicyclic) bond motifs is 1. The number of carbonyl (C=O) groups is 1. The van der Waals surface area contributed by atoms with Gasteiger partial charge < -0.3 is 0 Å². The molecule has 0 aliphatic heterocycles. The molecule has 0 fully saturated rings. The second-order valence-corrected chi connectivity index (χ2v) is 3.73. The van der Waals surface area contributed by atoms with Crippen LogP contribution in [0.5, 0.6) is 0 Å². The largest absolute Gasteiger partial charge is 0.294 e. The summed E-state index contributed by atoms with van der Waals surface area (Å²) in [5.74, 6) is 0.133. The van der Waals surface area contributed by atoms with Crippen LogP contribution in [0.1, 0.15) is 29.8 Å². The lowest BCUT2D eigenvalue weighted by molar-refractivity contribution is 0.101. The lowest BCUT2D eigenvalue weighted by atomic mass is 9.97. The normalized spacial score (nSPS) is 10.5. The van der Waals surface area contributed by atoms with Crippen molar-refractivity contribution >= 4 is 16.6 Å². The van der Waals surface area contributed by atoms with E-state index >= 15 is 0 Å². The van der Waals surface area contributed by atoms with Crippen LogP contribution in [0.2, 0.25) is 0 Å². The standard InChI is InChI=1S/C14H14O/c1-3-11-8-9-12(10(2)15)14-7-5-4-6-13(11)14/h4-9H,3H2,1-2H3. The summed E-state index contributed by atoms with van der Waals surface area (Å²) in [6.45, 7) is 3.75. The monoisotopic (exact) mass is 198 g/mol. The van der Waals surface area contributed by atoms with E-state index in [0.717, 1.165) is 17.4 Å². The van der Waals surface area contributed by atoms with Crippen LogP contribution in [-0.2, 0) is 6.42 Å². The maximum absolute atomic E-state index is 11.5. The Labute approximate surface area is 89.7 Å². The highest BCUT2D eigenvalue weighted by molar-refractivity contribution is 6.07. The highest BCUT2D eigenvalue weighted by atomic mass is 16.1. The van der Waals surface area contributed by atoms with Crippen LogP contribution in [0.15, 0.2) is 36.4 Å². The predicted molar refractivity (Wildman–Crippen MR) is 63.3 cm³/mol. The van der Waals surface area contributed by atoms with Crippen molar-refractivity contribution in [1.29, 1.82) is 0 Å². The molecule has 0 amide bonds. The molecular weight excluding hydrogens is 184 g/mol. The summed E-state index contributed by atoms with van der Waals surface area (Å²) in [6, 6.07) is 12.1. The van der Waals surface area contributed by atoms with Crippen LogP contribution in [0.3, 0.4) is 0 Å². The zero-order valence-electron chi connectivity index (χ0n) is 9.08. The first-order valence-corrected chi connectivity index (χ1v) is 5.25. The molecule has 76 valence electrons. The molecule has 2 rings (SSSR count). The molecule has 1 nitrogen and oxygen atoms in total. The topological polar surface area (TPSA) is 17.1 Å². The van der Waals surface area contributed by atoms with Crippen molar-refractivity contribution in [3.8, 4) is 0 Å². The molecule has 0 aliphatic carbocycles. The summed E-state index contributed by atoms with van der Waals surface area (Å²) in [7, 11) is 0. The molecule has 0 saturated heterocycles. The quantitative estimate of drug-likeness (QED) is 0.674. The number of ketones is 1. The van der Waals surface area contributed by atoms with Gasteiger partial charge in [-0.2, -0.15) is 0 Å². The third-order valence-corrected chi connectivity index (χ3v) is 2.77. The molecule has 0 spiro atoms. The summed E-state index contributed by atoms with van der Waals surface area (Å²) < 4.78 is 0. The molecule has 0 aliphatic rings. The Kier molecular flexibility index (Phi) is 2.55. The summed E-state index contributed by atoms with van der Waals surface area (Å²) in [6.07, 6.45) is 0.999. The van der Waals surface area contributed by atoms with Gasteiger partial charge in [0.05, 0.1) is 0 Å². The van der Waals surface area contributed by atoms with Gasteiger partial charge in [-0.05, 0) is 29.7 Å². The van der Waals surface area contributed by atoms with Crippen LogP contribution in [0, 0.1) is 0 Å². The van der Waals surface area contributed by atoms with E-state index < -0.39 is 0 Å². The predicted octanol–water partition coefficient (Wildman–Crippen LogP) is 3.60. The van der Waals surface area contributed by atoms with Crippen molar-refractivity contribution in [2.24, 2.45) is 0 Å². The molecule has 0 aromatic heterocycles. The fraction of sp³-hybridized carbons (Fsp3) is 0.214. The first-order valence-electron chi connectivity index (χ1n) is 5.25. The van der Waals surface area contributed by atoms with E-state index in [4.69, 9.17) is 0 Å². The van der Waals surface area contributed by atoms with Crippen LogP contribution in [0.4, 0.5) is 0 Å². The SMILES string of the molecule is CCc1ccc(C(C)=O)c2ccccc12. The summed E-state index contributed by atoms with van der Waals surface area (Å²) in [4.78, 5) is 11.5. The number of rotatable bonds is 2. The minimum atomic E-state index is 0.133. The third kappa shape index (κ3) is 1.65. The number of carbonyl (C=O) groups excluding carboxylic acids is 1. The van der Waals surface area contributed by atoms with E-state index in [-0.39, 0.29) is 5.78 Å². The Morgan fingerprint density at radius 1 is 1.07 bits per heavy atom. The lowest BCUT2D eigenvalue weighted by Crippen LogP contribution is -1.95. The number of aryl methyl sites for hydroxylation is 1. The molecule has 2 aromatic rings. The average Bonchev–Trinajstić information content (AvgIpc) is 2.27. The maximum Gasteiger partial charge on any atom is 0.160 e. The highest BCUT2D eigenvalue weighted by Crippen LogP contribution is 2.23. The van der Waals surface area contributed by atoms with Crippen LogP contribution in [-0.4, -0.2) is 5.78 Å². The molecular formula is C14H14O. The minimum Gasteiger partial charge on any atom is -0.294 e. The molecule has 0 unspecified atom stereocenters. The van der Waals surface area contributed by atoms with E-state index in [9.17, 15) is 4.79 Å². The van der Waals surface area contributed by atoms with Crippen molar-refractivity contribution in [2.45, 2.75) is 20.3 Å². The van der Waals surface area contributed by atoms with E-state index in [1.54, 1.807) is 6.92 Å². The van der Waals surface area contributed by atoms with Crippen molar-refractivity contribution in [1.82, 2.24) is 0 Å². The molecule has 0 heterocycles. The van der Waals surface area contributed by atoms with Crippen molar-refractivity contribution < 1.29 is 4.79 Å². The van der Waals surface area contributed by atoms with Gasteiger partial charge >= 0.3 is 0 Å². The van der Waals surface area contributed by atoms with E-state index in [0.29, 0.717) is 0 Å². The summed E-state index contributed by atoms with van der Waals surface area (Å²) >= 11 is 0. The molecule has 0 saturated carbocycles. The molecule has 0 bridgehead atoms. The Morgan fingerprint density at radius 3 is 2.33 bits per heavy atom. The van der Waals surface area contributed by atoms with Gasteiger partial charge in [0.15, 0.2) is 5.78 Å². The zero-order valence-corrected chi connectivity index (χ0v) is 9.08. The highest BCUT2D eigenvalue weighted by Gasteiger charge is 2.07. The number of benzene rings is 2. The van der Waals surface area contributed by atoms with E-state index in [1.165, 1.54) is 10.9 Å². The van der Waals surface area contributed by atoms with Gasteiger partial charge in [0.25, 0.3) is 0 Å². The third-order valence-electron chi connectivity index (χ3n) is 2.77. The number of hydrogen-bond donors (Lipinski definition) is 0. The van der Waals surface area contributed by atoms with Gasteiger partial charge in [0.1, 0.15) is 0 Å². The molecule has 0 atom stereocenters. The van der Waals surface area contributed by atoms with Gasteiger partial charge in [-0.25, -0.2) is 0 Å². The first-order chi connectivity index (χ1) is 7.24. The summed E-state index contributed by atoms with van der Waals surface area (Å²) in [5, 5.41) is 2.28. The number of hydrogen-bond acceptors (Lipinski definition) is 1. The molecule has 2 aromatic carbocycles. The van der Waals surface area contributed by atoms with Crippen molar-refractivity contribution in [3.05, 3.63) is 47.5 Å². The summed E-state index contributed by atoms with van der Waals surface area (Å²) in [5.41, 5.74) is 2.12. The van der Waals surface area contributed by atoms with Crippen LogP contribution < -0.4 is 0 Å². The molecule has 1 heteroatoms. The fourth-order valence-electron chi connectivity index (χ4n) is 1.98. The molecule has 0 radical (unpaired) electrons. The van der Waals surface area contributed by atoms with E-state index in [2.05, 4.69) is 19.1 Å². The second-order valence-electron chi connectivity index (χ2n) is 3.73. The fourth-order valence-corrected chi connectivity index (χ4v) is 1.98. The Balaban J connectivity index is 2.83. The Hall–Kier alpha value is -1.63. The van der Waals surface area contributed by atoms with Gasteiger partial charge in [0, 0.05) is 5.56 Å². The van der Waals surface area contributed by atoms with Gasteiger partial charge in [0.2, 0.25) is 0 Å². The second kappa shape index (κ2) is 3.85. The van der Waals surface area contributed by atoms with Gasteiger partial charge in [-0.1, -0.05) is 43.3 Å². The zero-order chi connectivity index (χ0) is 10.8. The van der Waals surface area contributed by atoms with Gasteiger partial charge in [-0.3, -0.25) is 4.79 Å². The van der Waals surface area contributed by atoms with Crippen molar-refractivity contribution in [2.75, 3.05) is 0 Å². The average molecular weight is 198 g/mol.